The van der Waals surface area contributed by atoms with E-state index in [1.165, 1.54) is 19.3 Å². The van der Waals surface area contributed by atoms with Crippen LogP contribution < -0.4 is 0 Å². The maximum Gasteiger partial charge on any atom is -0.0414 e. The average molecular weight is 146 g/mol. The molecule has 62 valence electrons. The predicted octanol–water partition coefficient (Wildman–Crippen LogP) is 3.23. The lowest BCUT2D eigenvalue weighted by Gasteiger charge is -2.29. The maximum absolute atomic E-state index is 2.39. The van der Waals surface area contributed by atoms with E-state index in [-0.39, 0.29) is 4.70 Å². The summed E-state index contributed by atoms with van der Waals surface area (Å²) in [5.41, 5.74) is 0. The molecule has 0 saturated heterocycles. The molecule has 0 radical (unpaired) electrons. The van der Waals surface area contributed by atoms with Gasteiger partial charge in [-0.15, -0.1) is 0 Å². The molecule has 3 atom stereocenters. The zero-order chi connectivity index (χ0) is 6.85. The summed E-state index contributed by atoms with van der Waals surface area (Å²) in [6.07, 6.45) is 4.38. The Morgan fingerprint density at radius 1 is 0.900 bits per heavy atom. The van der Waals surface area contributed by atoms with E-state index >= 15 is 0 Å². The van der Waals surface area contributed by atoms with E-state index in [0.717, 1.165) is 17.8 Å². The second kappa shape index (κ2) is 3.95. The molecule has 0 aromatic carbocycles. The molecule has 0 heterocycles. The van der Waals surface area contributed by atoms with E-state index in [1.807, 2.05) is 0 Å². The lowest BCUT2D eigenvalue weighted by atomic mass is 9.77. The summed E-state index contributed by atoms with van der Waals surface area (Å²) in [6, 6.07) is 0. The van der Waals surface area contributed by atoms with Crippen LogP contribution in [0.15, 0.2) is 0 Å². The zero-order valence-electron chi connectivity index (χ0n) is 7.26. The summed E-state index contributed by atoms with van der Waals surface area (Å²) < 4.78 is 0. The quantitative estimate of drug-likeness (QED) is 0.492. The number of halogens is 1. The maximum atomic E-state index is 2.39. The third-order valence-corrected chi connectivity index (χ3v) is 2.86. The van der Waals surface area contributed by atoms with Gasteiger partial charge in [-0.3, -0.25) is 4.70 Å². The molecule has 1 rings (SSSR count). The largest absolute Gasteiger partial charge is 0.269 e. The molecular formula is C9H19F. The molecule has 0 aliphatic heterocycles. The zero-order valence-corrected chi connectivity index (χ0v) is 7.26. The second-order valence-electron chi connectivity index (χ2n) is 3.87. The van der Waals surface area contributed by atoms with Crippen LogP contribution >= 0.6 is 0 Å². The Morgan fingerprint density at radius 2 is 1.50 bits per heavy atom. The predicted molar refractivity (Wildman–Crippen MR) is 43.8 cm³/mol. The van der Waals surface area contributed by atoms with Crippen LogP contribution in [0.3, 0.4) is 0 Å². The molecule has 1 saturated carbocycles. The van der Waals surface area contributed by atoms with Gasteiger partial charge in [-0.2, -0.15) is 0 Å². The molecule has 1 aliphatic rings. The fourth-order valence-electron chi connectivity index (χ4n) is 1.82. The van der Waals surface area contributed by atoms with Crippen molar-refractivity contribution in [3.05, 3.63) is 0 Å². The third-order valence-electron chi connectivity index (χ3n) is 2.86. The van der Waals surface area contributed by atoms with Gasteiger partial charge in [-0.25, -0.2) is 0 Å². The molecule has 1 heteroatoms. The Bertz CT molecular complexity index is 90.7. The molecule has 3 unspecified atom stereocenters. The van der Waals surface area contributed by atoms with Gasteiger partial charge in [0, 0.05) is 0 Å². The molecule has 1 aliphatic carbocycles. The van der Waals surface area contributed by atoms with E-state index in [2.05, 4.69) is 20.8 Å². The first-order valence-electron chi connectivity index (χ1n) is 4.20. The van der Waals surface area contributed by atoms with Crippen molar-refractivity contribution >= 4 is 0 Å². The second-order valence-corrected chi connectivity index (χ2v) is 3.87. The number of hydrogen-bond acceptors (Lipinski definition) is 0. The van der Waals surface area contributed by atoms with Gasteiger partial charge >= 0.3 is 0 Å². The van der Waals surface area contributed by atoms with Crippen LogP contribution in [0.25, 0.3) is 0 Å². The van der Waals surface area contributed by atoms with Crippen molar-refractivity contribution in [3.63, 3.8) is 0 Å². The fourth-order valence-corrected chi connectivity index (χ4v) is 1.82. The van der Waals surface area contributed by atoms with Crippen molar-refractivity contribution in [1.29, 1.82) is 0 Å². The van der Waals surface area contributed by atoms with Gasteiger partial charge < -0.3 is 0 Å². The van der Waals surface area contributed by atoms with Crippen molar-refractivity contribution in [3.8, 4) is 0 Å². The van der Waals surface area contributed by atoms with Gasteiger partial charge in [-0.05, 0) is 24.2 Å². The average Bonchev–Trinajstić information content (AvgIpc) is 1.80. The van der Waals surface area contributed by atoms with E-state index in [9.17, 15) is 0 Å². The summed E-state index contributed by atoms with van der Waals surface area (Å²) in [5, 5.41) is 0. The Hall–Kier alpha value is -0.0700. The van der Waals surface area contributed by atoms with Gasteiger partial charge in [0.05, 0.1) is 0 Å². The van der Waals surface area contributed by atoms with Crippen molar-refractivity contribution in [2.24, 2.45) is 17.8 Å². The summed E-state index contributed by atoms with van der Waals surface area (Å²) in [6.45, 7) is 7.15. The third kappa shape index (κ3) is 2.28. The number of hydrogen-bond donors (Lipinski definition) is 0. The van der Waals surface area contributed by atoms with Crippen LogP contribution in [0.2, 0.25) is 0 Å². The van der Waals surface area contributed by atoms with Gasteiger partial charge in [0.25, 0.3) is 0 Å². The summed E-state index contributed by atoms with van der Waals surface area (Å²) >= 11 is 0. The Labute approximate surface area is 63.4 Å². The van der Waals surface area contributed by atoms with Crippen molar-refractivity contribution in [2.45, 2.75) is 40.0 Å². The van der Waals surface area contributed by atoms with Crippen molar-refractivity contribution in [2.75, 3.05) is 0 Å². The first kappa shape index (κ1) is 9.93. The van der Waals surface area contributed by atoms with Gasteiger partial charge in [0.2, 0.25) is 0 Å². The minimum atomic E-state index is 0. The molecule has 0 aromatic heterocycles. The van der Waals surface area contributed by atoms with E-state index in [1.54, 1.807) is 0 Å². The Morgan fingerprint density at radius 3 is 1.90 bits per heavy atom. The SMILES string of the molecule is CC1CCC(C)C(C)C1.F. The van der Waals surface area contributed by atoms with Gasteiger partial charge in [0.1, 0.15) is 0 Å². The fraction of sp³-hybridized carbons (Fsp3) is 1.00. The first-order chi connectivity index (χ1) is 4.20. The molecule has 10 heavy (non-hydrogen) atoms. The molecular weight excluding hydrogens is 127 g/mol. The van der Waals surface area contributed by atoms with Crippen molar-refractivity contribution < 1.29 is 4.70 Å². The van der Waals surface area contributed by atoms with Gasteiger partial charge in [0.15, 0.2) is 0 Å². The van der Waals surface area contributed by atoms with Gasteiger partial charge in [-0.1, -0.05) is 33.6 Å². The lowest BCUT2D eigenvalue weighted by molar-refractivity contribution is 0.220. The van der Waals surface area contributed by atoms with E-state index in [0.29, 0.717) is 0 Å². The topological polar surface area (TPSA) is 0 Å². The summed E-state index contributed by atoms with van der Waals surface area (Å²) in [5.74, 6) is 2.96. The molecule has 0 amide bonds. The highest BCUT2D eigenvalue weighted by molar-refractivity contribution is 4.72. The smallest absolute Gasteiger partial charge is 0.0414 e. The van der Waals surface area contributed by atoms with Crippen molar-refractivity contribution in [1.82, 2.24) is 0 Å². The first-order valence-corrected chi connectivity index (χ1v) is 4.20. The van der Waals surface area contributed by atoms with Crippen LogP contribution in [0, 0.1) is 17.8 Å². The highest BCUT2D eigenvalue weighted by Gasteiger charge is 2.20. The molecule has 0 bridgehead atoms. The Balaban J connectivity index is 0.000000810. The van der Waals surface area contributed by atoms with Crippen LogP contribution in [-0.4, -0.2) is 0 Å². The highest BCUT2D eigenvalue weighted by atomic mass is 19.0. The monoisotopic (exact) mass is 146 g/mol. The summed E-state index contributed by atoms with van der Waals surface area (Å²) in [4.78, 5) is 0. The van der Waals surface area contributed by atoms with E-state index < -0.39 is 0 Å². The number of rotatable bonds is 0. The molecule has 0 N–H and O–H groups in total. The van der Waals surface area contributed by atoms with Crippen LogP contribution in [0.4, 0.5) is 4.70 Å². The molecule has 0 aromatic rings. The molecule has 0 spiro atoms. The Kier molecular flexibility index (Phi) is 3.92. The van der Waals surface area contributed by atoms with E-state index in [4.69, 9.17) is 0 Å². The minimum absolute atomic E-state index is 0. The highest BCUT2D eigenvalue weighted by Crippen LogP contribution is 2.32. The lowest BCUT2D eigenvalue weighted by Crippen LogP contribution is -2.18. The minimum Gasteiger partial charge on any atom is -0.269 e. The standard InChI is InChI=1S/C9H18.FH/c1-7-4-5-8(2)9(3)6-7;/h7-9H,4-6H2,1-3H3;1H. The van der Waals surface area contributed by atoms with Crippen LogP contribution in [0.1, 0.15) is 40.0 Å². The van der Waals surface area contributed by atoms with Crippen LogP contribution in [0.5, 0.6) is 0 Å². The normalized spacial score (nSPS) is 40.5. The molecule has 0 nitrogen and oxygen atoms in total. The summed E-state index contributed by atoms with van der Waals surface area (Å²) in [7, 11) is 0. The van der Waals surface area contributed by atoms with Crippen LogP contribution in [-0.2, 0) is 0 Å². The molecule has 1 fully saturated rings.